The fourth-order valence-corrected chi connectivity index (χ4v) is 4.91. The van der Waals surface area contributed by atoms with Gasteiger partial charge in [-0.15, -0.1) is 0 Å². The Balaban J connectivity index is 1.53. The van der Waals surface area contributed by atoms with Gasteiger partial charge in [0.15, 0.2) is 0 Å². The molecule has 4 atom stereocenters. The van der Waals surface area contributed by atoms with Crippen molar-refractivity contribution in [3.05, 3.63) is 0 Å². The summed E-state index contributed by atoms with van der Waals surface area (Å²) in [6, 6.07) is -0.0641. The summed E-state index contributed by atoms with van der Waals surface area (Å²) >= 11 is 0. The highest BCUT2D eigenvalue weighted by atomic mass is 16.4. The van der Waals surface area contributed by atoms with Crippen molar-refractivity contribution < 1.29 is 15.3 Å². The van der Waals surface area contributed by atoms with Gasteiger partial charge in [0.1, 0.15) is 6.10 Å². The van der Waals surface area contributed by atoms with Gasteiger partial charge in [-0.3, -0.25) is 4.90 Å². The van der Waals surface area contributed by atoms with Crippen LogP contribution in [0.25, 0.3) is 0 Å². The number of β-amino-alcohol motifs (C(OH)–C–C–N with tert-alkyl or cyclic N) is 1. The van der Waals surface area contributed by atoms with Crippen molar-refractivity contribution >= 4 is 0 Å². The fourth-order valence-electron chi connectivity index (χ4n) is 4.91. The van der Waals surface area contributed by atoms with Crippen LogP contribution >= 0.6 is 0 Å². The molecule has 3 N–H and O–H groups in total. The largest absolute Gasteiger partial charge is 0.389 e. The fraction of sp³-hybridized carbons (Fsp3) is 1.00. The highest BCUT2D eigenvalue weighted by Gasteiger charge is 2.41. The number of piperidine rings is 1. The topological polar surface area (TPSA) is 63.9 Å². The first-order chi connectivity index (χ1) is 10.0. The van der Waals surface area contributed by atoms with E-state index in [0.29, 0.717) is 17.9 Å². The lowest BCUT2D eigenvalue weighted by atomic mass is 9.69. The third kappa shape index (κ3) is 3.14. The Kier molecular flexibility index (Phi) is 4.60. The molecule has 4 nitrogen and oxygen atoms in total. The molecular weight excluding hydrogens is 266 g/mol. The van der Waals surface area contributed by atoms with Gasteiger partial charge in [0.25, 0.3) is 0 Å². The standard InChI is InChI=1S/C17H31NO3/c1-12-15(20)16(21)14(19)11-18(12)10-13-4-8-17(9-5-13)6-2-3-7-17/h12-16,19-21H,2-11H2,1H3/t12-,14+,15-,16-/m1/s1. The predicted octanol–water partition coefficient (Wildman–Crippen LogP) is 1.52. The van der Waals surface area contributed by atoms with Gasteiger partial charge >= 0.3 is 0 Å². The van der Waals surface area contributed by atoms with Crippen LogP contribution in [0, 0.1) is 11.3 Å². The number of aliphatic hydroxyl groups excluding tert-OH is 3. The maximum Gasteiger partial charge on any atom is 0.108 e. The summed E-state index contributed by atoms with van der Waals surface area (Å²) in [4.78, 5) is 2.18. The van der Waals surface area contributed by atoms with E-state index >= 15 is 0 Å². The Morgan fingerprint density at radius 3 is 2.19 bits per heavy atom. The van der Waals surface area contributed by atoms with E-state index in [-0.39, 0.29) is 6.04 Å². The summed E-state index contributed by atoms with van der Waals surface area (Å²) in [6.45, 7) is 3.40. The van der Waals surface area contributed by atoms with Crippen LogP contribution in [0.15, 0.2) is 0 Å². The molecule has 0 unspecified atom stereocenters. The first-order valence-electron chi connectivity index (χ1n) is 8.79. The van der Waals surface area contributed by atoms with Crippen LogP contribution < -0.4 is 0 Å². The quantitative estimate of drug-likeness (QED) is 0.723. The summed E-state index contributed by atoms with van der Waals surface area (Å²) in [5.41, 5.74) is 0.666. The van der Waals surface area contributed by atoms with E-state index in [1.165, 1.54) is 51.4 Å². The molecule has 1 spiro atoms. The van der Waals surface area contributed by atoms with Crippen LogP contribution in [-0.2, 0) is 0 Å². The third-order valence-corrected chi connectivity index (χ3v) is 6.56. The number of nitrogens with zero attached hydrogens (tertiary/aromatic N) is 1. The molecule has 0 aromatic heterocycles. The average molecular weight is 297 g/mol. The summed E-state index contributed by atoms with van der Waals surface area (Å²) in [5.74, 6) is 0.688. The molecule has 0 radical (unpaired) electrons. The summed E-state index contributed by atoms with van der Waals surface area (Å²) in [6.07, 6.45) is 8.38. The van der Waals surface area contributed by atoms with Crippen molar-refractivity contribution in [1.29, 1.82) is 0 Å². The Morgan fingerprint density at radius 2 is 1.57 bits per heavy atom. The molecule has 1 aliphatic heterocycles. The van der Waals surface area contributed by atoms with Crippen LogP contribution in [-0.4, -0.2) is 57.7 Å². The molecule has 0 bridgehead atoms. The SMILES string of the molecule is C[C@@H]1[C@@H](O)[C@H](O)[C@@H](O)CN1CC1CCC2(CCCC2)CC1. The van der Waals surface area contributed by atoms with E-state index < -0.39 is 18.3 Å². The smallest absolute Gasteiger partial charge is 0.108 e. The molecule has 3 fully saturated rings. The lowest BCUT2D eigenvalue weighted by Gasteiger charge is -2.45. The Labute approximate surface area is 128 Å². The summed E-state index contributed by atoms with van der Waals surface area (Å²) in [5, 5.41) is 29.7. The zero-order valence-electron chi connectivity index (χ0n) is 13.2. The van der Waals surface area contributed by atoms with Gasteiger partial charge in [0, 0.05) is 19.1 Å². The molecule has 0 aromatic rings. The van der Waals surface area contributed by atoms with Crippen molar-refractivity contribution in [2.75, 3.05) is 13.1 Å². The maximum absolute atomic E-state index is 10.0. The number of hydrogen-bond acceptors (Lipinski definition) is 4. The van der Waals surface area contributed by atoms with Gasteiger partial charge < -0.3 is 15.3 Å². The Morgan fingerprint density at radius 1 is 0.952 bits per heavy atom. The molecule has 0 amide bonds. The third-order valence-electron chi connectivity index (χ3n) is 6.56. The molecule has 2 saturated carbocycles. The van der Waals surface area contributed by atoms with E-state index in [1.807, 2.05) is 6.92 Å². The molecule has 2 aliphatic carbocycles. The molecule has 3 rings (SSSR count). The van der Waals surface area contributed by atoms with Crippen LogP contribution in [0.3, 0.4) is 0 Å². The maximum atomic E-state index is 10.0. The zero-order valence-corrected chi connectivity index (χ0v) is 13.2. The molecule has 1 saturated heterocycles. The molecule has 3 aliphatic rings. The van der Waals surface area contributed by atoms with Crippen LogP contribution in [0.2, 0.25) is 0 Å². The minimum atomic E-state index is -0.996. The predicted molar refractivity (Wildman–Crippen MR) is 81.9 cm³/mol. The van der Waals surface area contributed by atoms with Crippen molar-refractivity contribution in [1.82, 2.24) is 4.90 Å². The second-order valence-corrected chi connectivity index (χ2v) is 7.89. The van der Waals surface area contributed by atoms with Crippen molar-refractivity contribution in [2.24, 2.45) is 11.3 Å². The summed E-state index contributed by atoms with van der Waals surface area (Å²) in [7, 11) is 0. The van der Waals surface area contributed by atoms with Gasteiger partial charge in [0.05, 0.1) is 12.2 Å². The molecular formula is C17H31NO3. The van der Waals surface area contributed by atoms with Crippen LogP contribution in [0.5, 0.6) is 0 Å². The average Bonchev–Trinajstić information content (AvgIpc) is 2.93. The number of likely N-dealkylation sites (tertiary alicyclic amines) is 1. The van der Waals surface area contributed by atoms with E-state index in [2.05, 4.69) is 4.90 Å². The lowest BCUT2D eigenvalue weighted by molar-refractivity contribution is -0.136. The van der Waals surface area contributed by atoms with Crippen molar-refractivity contribution in [3.8, 4) is 0 Å². The lowest BCUT2D eigenvalue weighted by Crippen LogP contribution is -2.61. The van der Waals surface area contributed by atoms with Gasteiger partial charge in [-0.25, -0.2) is 0 Å². The van der Waals surface area contributed by atoms with Gasteiger partial charge in [-0.1, -0.05) is 12.8 Å². The van der Waals surface area contributed by atoms with Gasteiger partial charge in [-0.05, 0) is 56.8 Å². The van der Waals surface area contributed by atoms with E-state index in [0.717, 1.165) is 6.54 Å². The first-order valence-corrected chi connectivity index (χ1v) is 8.79. The van der Waals surface area contributed by atoms with E-state index in [4.69, 9.17) is 0 Å². The van der Waals surface area contributed by atoms with E-state index in [9.17, 15) is 15.3 Å². The molecule has 122 valence electrons. The minimum absolute atomic E-state index is 0.0641. The van der Waals surface area contributed by atoms with Crippen molar-refractivity contribution in [3.63, 3.8) is 0 Å². The second-order valence-electron chi connectivity index (χ2n) is 7.89. The molecule has 4 heteroatoms. The van der Waals surface area contributed by atoms with E-state index in [1.54, 1.807) is 0 Å². The number of hydrogen-bond donors (Lipinski definition) is 3. The highest BCUT2D eigenvalue weighted by Crippen LogP contribution is 2.50. The molecule has 21 heavy (non-hydrogen) atoms. The second kappa shape index (κ2) is 6.15. The van der Waals surface area contributed by atoms with Gasteiger partial charge in [0.2, 0.25) is 0 Å². The molecule has 0 aromatic carbocycles. The molecule has 1 heterocycles. The monoisotopic (exact) mass is 297 g/mol. The van der Waals surface area contributed by atoms with Gasteiger partial charge in [-0.2, -0.15) is 0 Å². The van der Waals surface area contributed by atoms with Crippen molar-refractivity contribution in [2.45, 2.75) is 82.6 Å². The summed E-state index contributed by atoms with van der Waals surface area (Å²) < 4.78 is 0. The highest BCUT2D eigenvalue weighted by molar-refractivity contribution is 4.94. The number of rotatable bonds is 2. The normalized spacial score (nSPS) is 41.7. The minimum Gasteiger partial charge on any atom is -0.389 e. The van der Waals surface area contributed by atoms with Crippen LogP contribution in [0.1, 0.15) is 58.3 Å². The number of aliphatic hydroxyl groups is 3. The Bertz CT molecular complexity index is 346. The zero-order chi connectivity index (χ0) is 15.0. The Hall–Kier alpha value is -0.160. The first kappa shape index (κ1) is 15.7. The van der Waals surface area contributed by atoms with Crippen LogP contribution in [0.4, 0.5) is 0 Å².